The van der Waals surface area contributed by atoms with E-state index in [1.165, 1.54) is 13.8 Å². The number of hydrogen-bond acceptors (Lipinski definition) is 3. The fourth-order valence-corrected chi connectivity index (χ4v) is 0.313. The first-order valence-electron chi connectivity index (χ1n) is 3.75. The van der Waals surface area contributed by atoms with Crippen LogP contribution in [0.3, 0.4) is 0 Å². The molecule has 0 aliphatic heterocycles. The summed E-state index contributed by atoms with van der Waals surface area (Å²) in [6.45, 7) is 2.44. The van der Waals surface area contributed by atoms with Crippen LogP contribution in [-0.4, -0.2) is 26.8 Å². The minimum absolute atomic E-state index is 0. The zero-order chi connectivity index (χ0) is 10.3. The number of carbonyl (C=O) groups is 1. The van der Waals surface area contributed by atoms with Crippen molar-refractivity contribution in [1.29, 1.82) is 0 Å². The van der Waals surface area contributed by atoms with Gasteiger partial charge < -0.3 is 10.2 Å². The van der Waals surface area contributed by atoms with E-state index in [1.54, 1.807) is 12.4 Å². The molecule has 0 aliphatic carbocycles. The van der Waals surface area contributed by atoms with E-state index in [2.05, 4.69) is 4.98 Å². The molecule has 1 heterocycles. The second kappa shape index (κ2) is 7.70. The van der Waals surface area contributed by atoms with Gasteiger partial charge >= 0.3 is 5.97 Å². The minimum atomic E-state index is -1.58. The molecule has 4 nitrogen and oxygen atoms in total. The van der Waals surface area contributed by atoms with Crippen LogP contribution in [0.1, 0.15) is 13.8 Å². The first-order valence-corrected chi connectivity index (χ1v) is 3.75. The number of nitrogens with zero attached hydrogens (tertiary/aromatic N) is 1. The standard InChI is InChI=1S/C5H5N.C4H8O3.Ag/c1-2-4-6-5-3-1;1-4(2,7)3(5)6;/h1-5H;7H,1-2H3,(H,5,6);. The van der Waals surface area contributed by atoms with Crippen LogP contribution in [0, 0.1) is 0 Å². The van der Waals surface area contributed by atoms with E-state index >= 15 is 0 Å². The van der Waals surface area contributed by atoms with E-state index in [0.29, 0.717) is 0 Å². The summed E-state index contributed by atoms with van der Waals surface area (Å²) in [6.07, 6.45) is 3.50. The molecule has 0 amide bonds. The Morgan fingerprint density at radius 2 is 1.57 bits per heavy atom. The number of hydrogen-bond donors (Lipinski definition) is 2. The van der Waals surface area contributed by atoms with E-state index in [0.717, 1.165) is 0 Å². The minimum Gasteiger partial charge on any atom is -0.479 e. The van der Waals surface area contributed by atoms with E-state index < -0.39 is 11.6 Å². The number of carboxylic acid groups (broad SMARTS) is 1. The third kappa shape index (κ3) is 9.41. The third-order valence-electron chi connectivity index (χ3n) is 1.09. The molecule has 1 aromatic rings. The van der Waals surface area contributed by atoms with Gasteiger partial charge in [-0.2, -0.15) is 0 Å². The molecule has 14 heavy (non-hydrogen) atoms. The number of aromatic nitrogens is 1. The molecule has 0 atom stereocenters. The van der Waals surface area contributed by atoms with Crippen molar-refractivity contribution in [2.75, 3.05) is 0 Å². The Hall–Kier alpha value is -0.680. The molecule has 83 valence electrons. The van der Waals surface area contributed by atoms with Crippen molar-refractivity contribution in [3.8, 4) is 0 Å². The zero-order valence-corrected chi connectivity index (χ0v) is 9.42. The molecule has 0 saturated heterocycles. The monoisotopic (exact) mass is 290 g/mol. The van der Waals surface area contributed by atoms with Gasteiger partial charge in [-0.3, -0.25) is 4.98 Å². The van der Waals surface area contributed by atoms with Gasteiger partial charge in [-0.05, 0) is 26.0 Å². The van der Waals surface area contributed by atoms with Crippen LogP contribution < -0.4 is 0 Å². The first-order chi connectivity index (χ1) is 5.94. The average Bonchev–Trinajstić information content (AvgIpc) is 2.07. The molecule has 1 aromatic heterocycles. The van der Waals surface area contributed by atoms with E-state index in [4.69, 9.17) is 10.2 Å². The Balaban J connectivity index is 0. The van der Waals surface area contributed by atoms with Crippen LogP contribution in [0.2, 0.25) is 0 Å². The normalized spacial score (nSPS) is 9.07. The zero-order valence-electron chi connectivity index (χ0n) is 7.94. The molecule has 2 N–H and O–H groups in total. The molecule has 0 aliphatic rings. The van der Waals surface area contributed by atoms with Gasteiger partial charge in [0.15, 0.2) is 5.60 Å². The molecule has 0 fully saturated rings. The summed E-state index contributed by atoms with van der Waals surface area (Å²) >= 11 is 0. The van der Waals surface area contributed by atoms with Crippen LogP contribution in [-0.2, 0) is 27.2 Å². The van der Waals surface area contributed by atoms with Crippen molar-refractivity contribution in [2.24, 2.45) is 0 Å². The Kier molecular flexibility index (Phi) is 8.68. The summed E-state index contributed by atoms with van der Waals surface area (Å²) in [5.41, 5.74) is -1.58. The fourth-order valence-electron chi connectivity index (χ4n) is 0.313. The SMILES string of the molecule is CC(C)(O)C(=O)O.[Ag].c1ccncc1. The Bertz CT molecular complexity index is 219. The van der Waals surface area contributed by atoms with Crippen molar-refractivity contribution in [2.45, 2.75) is 19.4 Å². The number of aliphatic carboxylic acids is 1. The summed E-state index contributed by atoms with van der Waals surface area (Å²) in [5, 5.41) is 16.5. The summed E-state index contributed by atoms with van der Waals surface area (Å²) in [4.78, 5) is 13.6. The molecule has 1 radical (unpaired) electrons. The third-order valence-corrected chi connectivity index (χ3v) is 1.09. The topological polar surface area (TPSA) is 70.4 Å². The fraction of sp³-hybridized carbons (Fsp3) is 0.333. The smallest absolute Gasteiger partial charge is 0.335 e. The molecule has 1 rings (SSSR count). The maximum Gasteiger partial charge on any atom is 0.335 e. The van der Waals surface area contributed by atoms with E-state index in [9.17, 15) is 4.79 Å². The second-order valence-corrected chi connectivity index (χ2v) is 2.89. The van der Waals surface area contributed by atoms with Crippen molar-refractivity contribution < 1.29 is 37.4 Å². The van der Waals surface area contributed by atoms with Crippen molar-refractivity contribution >= 4 is 5.97 Å². The number of aliphatic hydroxyl groups is 1. The maximum absolute atomic E-state index is 9.77. The van der Waals surface area contributed by atoms with Gasteiger partial charge in [-0.1, -0.05) is 6.07 Å². The van der Waals surface area contributed by atoms with Crippen LogP contribution in [0.4, 0.5) is 0 Å². The molecule has 0 bridgehead atoms. The van der Waals surface area contributed by atoms with E-state index in [-0.39, 0.29) is 22.4 Å². The van der Waals surface area contributed by atoms with Crippen LogP contribution in [0.5, 0.6) is 0 Å². The number of carboxylic acids is 1. The molecule has 0 saturated carbocycles. The van der Waals surface area contributed by atoms with Gasteiger partial charge in [0.05, 0.1) is 0 Å². The Morgan fingerprint density at radius 3 is 1.64 bits per heavy atom. The molecule has 0 spiro atoms. The van der Waals surface area contributed by atoms with Crippen molar-refractivity contribution in [3.63, 3.8) is 0 Å². The predicted molar refractivity (Wildman–Crippen MR) is 48.2 cm³/mol. The van der Waals surface area contributed by atoms with E-state index in [1.807, 2.05) is 18.2 Å². The molecular formula is C9H13AgNO3. The van der Waals surface area contributed by atoms with Gasteiger partial charge in [0.25, 0.3) is 0 Å². The second-order valence-electron chi connectivity index (χ2n) is 2.89. The Labute approximate surface area is 98.5 Å². The number of pyridine rings is 1. The maximum atomic E-state index is 9.77. The van der Waals surface area contributed by atoms with Crippen molar-refractivity contribution in [1.82, 2.24) is 4.98 Å². The summed E-state index contributed by atoms with van der Waals surface area (Å²) in [5.74, 6) is -1.20. The summed E-state index contributed by atoms with van der Waals surface area (Å²) in [7, 11) is 0. The largest absolute Gasteiger partial charge is 0.479 e. The summed E-state index contributed by atoms with van der Waals surface area (Å²) in [6, 6.07) is 5.72. The van der Waals surface area contributed by atoms with Gasteiger partial charge in [0, 0.05) is 34.8 Å². The summed E-state index contributed by atoms with van der Waals surface area (Å²) < 4.78 is 0. The van der Waals surface area contributed by atoms with Crippen molar-refractivity contribution in [3.05, 3.63) is 30.6 Å². The van der Waals surface area contributed by atoms with Gasteiger partial charge in [0.1, 0.15) is 0 Å². The Morgan fingerprint density at radius 1 is 1.21 bits per heavy atom. The quantitative estimate of drug-likeness (QED) is 0.755. The van der Waals surface area contributed by atoms with Gasteiger partial charge in [-0.15, -0.1) is 0 Å². The molecule has 5 heteroatoms. The molecular weight excluding hydrogens is 278 g/mol. The molecule has 0 aromatic carbocycles. The van der Waals surface area contributed by atoms with Crippen LogP contribution >= 0.6 is 0 Å². The predicted octanol–water partition coefficient (Wildman–Crippen LogP) is 0.921. The molecule has 0 unspecified atom stereocenters. The van der Waals surface area contributed by atoms with Crippen LogP contribution in [0.15, 0.2) is 30.6 Å². The number of rotatable bonds is 1. The van der Waals surface area contributed by atoms with Gasteiger partial charge in [-0.25, -0.2) is 4.79 Å². The average molecular weight is 291 g/mol. The van der Waals surface area contributed by atoms with Crippen LogP contribution in [0.25, 0.3) is 0 Å². The first kappa shape index (κ1) is 15.8. The van der Waals surface area contributed by atoms with Gasteiger partial charge in [0.2, 0.25) is 0 Å².